The summed E-state index contributed by atoms with van der Waals surface area (Å²) in [6.07, 6.45) is 0.718. The van der Waals surface area contributed by atoms with E-state index in [1.807, 2.05) is 25.1 Å². The monoisotopic (exact) mass is 265 g/mol. The summed E-state index contributed by atoms with van der Waals surface area (Å²) in [7, 11) is 3.68. The molecular weight excluding hydrogens is 245 g/mol. The van der Waals surface area contributed by atoms with E-state index in [1.165, 1.54) is 12.1 Å². The molecule has 1 fully saturated rings. The number of hydrogen-bond acceptors (Lipinski definition) is 3. The summed E-state index contributed by atoms with van der Waals surface area (Å²) in [5, 5.41) is 3.06. The highest BCUT2D eigenvalue weighted by atomic mass is 19.1. The van der Waals surface area contributed by atoms with Crippen LogP contribution in [-0.2, 0) is 4.79 Å². The van der Waals surface area contributed by atoms with Crippen molar-refractivity contribution in [2.45, 2.75) is 12.5 Å². The topological polar surface area (TPSA) is 35.6 Å². The number of anilines is 1. The number of likely N-dealkylation sites (N-methyl/N-ethyl adjacent to an activating group) is 1. The van der Waals surface area contributed by atoms with Crippen LogP contribution >= 0.6 is 0 Å². The number of carbonyl (C=O) groups is 1. The van der Waals surface area contributed by atoms with Gasteiger partial charge in [0.25, 0.3) is 0 Å². The number of hydrogen-bond donors (Lipinski definition) is 1. The third-order valence-electron chi connectivity index (χ3n) is 3.52. The minimum absolute atomic E-state index is 0.103. The van der Waals surface area contributed by atoms with Gasteiger partial charge in [0.2, 0.25) is 5.91 Å². The Morgan fingerprint density at radius 3 is 2.89 bits per heavy atom. The van der Waals surface area contributed by atoms with Crippen LogP contribution in [0.2, 0.25) is 0 Å². The Labute approximate surface area is 113 Å². The molecule has 0 radical (unpaired) electrons. The zero-order chi connectivity index (χ0) is 13.8. The Balaban J connectivity index is 2.23. The highest BCUT2D eigenvalue weighted by Gasteiger charge is 2.32. The van der Waals surface area contributed by atoms with E-state index in [4.69, 9.17) is 0 Å². The molecular formula is C14H20FN3O. The van der Waals surface area contributed by atoms with Gasteiger partial charge in [0.15, 0.2) is 0 Å². The number of amides is 1. The third-order valence-corrected chi connectivity index (χ3v) is 3.52. The van der Waals surface area contributed by atoms with Crippen LogP contribution in [0.15, 0.2) is 24.3 Å². The lowest BCUT2D eigenvalue weighted by atomic mass is 10.1. The van der Waals surface area contributed by atoms with Gasteiger partial charge in [-0.25, -0.2) is 4.39 Å². The first-order valence-corrected chi connectivity index (χ1v) is 6.55. The van der Waals surface area contributed by atoms with Gasteiger partial charge in [0.1, 0.15) is 11.9 Å². The van der Waals surface area contributed by atoms with E-state index in [2.05, 4.69) is 5.32 Å². The van der Waals surface area contributed by atoms with Crippen molar-refractivity contribution in [1.82, 2.24) is 10.2 Å². The van der Waals surface area contributed by atoms with Crippen LogP contribution < -0.4 is 10.2 Å². The summed E-state index contributed by atoms with van der Waals surface area (Å²) >= 11 is 0. The van der Waals surface area contributed by atoms with Crippen molar-refractivity contribution in [3.8, 4) is 0 Å². The van der Waals surface area contributed by atoms with E-state index in [-0.39, 0.29) is 17.8 Å². The first-order valence-electron chi connectivity index (χ1n) is 6.55. The molecule has 1 amide bonds. The van der Waals surface area contributed by atoms with Crippen LogP contribution in [0.5, 0.6) is 0 Å². The van der Waals surface area contributed by atoms with Crippen molar-refractivity contribution in [2.75, 3.05) is 38.6 Å². The molecule has 0 saturated carbocycles. The molecule has 1 aromatic rings. The fraction of sp³-hybridized carbons (Fsp3) is 0.500. The van der Waals surface area contributed by atoms with Gasteiger partial charge in [-0.15, -0.1) is 0 Å². The average molecular weight is 265 g/mol. The number of halogens is 1. The predicted molar refractivity (Wildman–Crippen MR) is 73.7 cm³/mol. The van der Waals surface area contributed by atoms with Crippen LogP contribution in [0.25, 0.3) is 0 Å². The van der Waals surface area contributed by atoms with E-state index in [9.17, 15) is 9.18 Å². The maximum Gasteiger partial charge on any atom is 0.245 e. The van der Waals surface area contributed by atoms with Crippen molar-refractivity contribution >= 4 is 11.6 Å². The highest BCUT2D eigenvalue weighted by molar-refractivity contribution is 5.86. The third kappa shape index (κ3) is 3.04. The molecule has 4 nitrogen and oxygen atoms in total. The molecule has 0 spiro atoms. The molecule has 1 aliphatic rings. The second-order valence-electron chi connectivity index (χ2n) is 4.84. The van der Waals surface area contributed by atoms with E-state index < -0.39 is 0 Å². The molecule has 1 unspecified atom stereocenters. The van der Waals surface area contributed by atoms with Crippen LogP contribution in [0.1, 0.15) is 6.42 Å². The Bertz CT molecular complexity index is 452. The van der Waals surface area contributed by atoms with Crippen molar-refractivity contribution in [1.29, 1.82) is 0 Å². The maximum absolute atomic E-state index is 13.3. The Kier molecular flexibility index (Phi) is 4.37. The molecule has 0 aliphatic carbocycles. The molecule has 104 valence electrons. The zero-order valence-electron chi connectivity index (χ0n) is 11.4. The molecule has 0 bridgehead atoms. The molecule has 1 aliphatic heterocycles. The molecule has 5 heteroatoms. The van der Waals surface area contributed by atoms with Gasteiger partial charge in [-0.2, -0.15) is 0 Å². The van der Waals surface area contributed by atoms with Crippen LogP contribution in [0, 0.1) is 5.82 Å². The highest BCUT2D eigenvalue weighted by Crippen LogP contribution is 2.23. The lowest BCUT2D eigenvalue weighted by Gasteiger charge is -2.40. The first-order chi connectivity index (χ1) is 9.13. The molecule has 1 heterocycles. The quantitative estimate of drug-likeness (QED) is 0.885. The smallest absolute Gasteiger partial charge is 0.245 e. The molecule has 1 atom stereocenters. The number of carbonyl (C=O) groups excluding carboxylic acids is 1. The number of nitrogens with one attached hydrogen (secondary N) is 1. The largest absolute Gasteiger partial charge is 0.358 e. The van der Waals surface area contributed by atoms with Gasteiger partial charge in [-0.3, -0.25) is 4.79 Å². The van der Waals surface area contributed by atoms with E-state index >= 15 is 0 Å². The fourth-order valence-corrected chi connectivity index (χ4v) is 2.44. The van der Waals surface area contributed by atoms with Crippen molar-refractivity contribution in [2.24, 2.45) is 0 Å². The second-order valence-corrected chi connectivity index (χ2v) is 4.84. The molecule has 1 N–H and O–H groups in total. The minimum Gasteiger partial charge on any atom is -0.358 e. The normalized spacial score (nSPS) is 19.9. The maximum atomic E-state index is 13.3. The molecule has 2 rings (SSSR count). The Hall–Kier alpha value is -1.62. The molecule has 1 aromatic carbocycles. The molecule has 0 aromatic heterocycles. The van der Waals surface area contributed by atoms with Crippen LogP contribution in [0.3, 0.4) is 0 Å². The van der Waals surface area contributed by atoms with Crippen molar-refractivity contribution in [3.05, 3.63) is 30.1 Å². The summed E-state index contributed by atoms with van der Waals surface area (Å²) in [6, 6.07) is 6.24. The van der Waals surface area contributed by atoms with Crippen molar-refractivity contribution in [3.63, 3.8) is 0 Å². The van der Waals surface area contributed by atoms with Crippen LogP contribution in [0.4, 0.5) is 10.1 Å². The first kappa shape index (κ1) is 13.8. The fourth-order valence-electron chi connectivity index (χ4n) is 2.44. The van der Waals surface area contributed by atoms with Gasteiger partial charge < -0.3 is 15.1 Å². The number of nitrogens with zero attached hydrogens (tertiary/aromatic N) is 2. The average Bonchev–Trinajstić information content (AvgIpc) is 2.40. The SMILES string of the molecule is CNCCC1C(=O)N(C)CCN1c1cccc(F)c1. The number of rotatable bonds is 4. The van der Waals surface area contributed by atoms with Crippen LogP contribution in [-0.4, -0.2) is 50.6 Å². The molecule has 19 heavy (non-hydrogen) atoms. The summed E-state index contributed by atoms with van der Waals surface area (Å²) in [5.74, 6) is -0.165. The van der Waals surface area contributed by atoms with E-state index in [1.54, 1.807) is 11.0 Å². The zero-order valence-corrected chi connectivity index (χ0v) is 11.4. The Morgan fingerprint density at radius 2 is 2.21 bits per heavy atom. The minimum atomic E-state index is -0.267. The van der Waals surface area contributed by atoms with Crippen molar-refractivity contribution < 1.29 is 9.18 Å². The van der Waals surface area contributed by atoms with E-state index in [0.29, 0.717) is 6.54 Å². The van der Waals surface area contributed by atoms with Gasteiger partial charge in [-0.1, -0.05) is 6.07 Å². The van der Waals surface area contributed by atoms with Gasteiger partial charge in [0.05, 0.1) is 0 Å². The lowest BCUT2D eigenvalue weighted by Crippen LogP contribution is -2.56. The summed E-state index contributed by atoms with van der Waals surface area (Å²) < 4.78 is 13.3. The van der Waals surface area contributed by atoms with Gasteiger partial charge >= 0.3 is 0 Å². The lowest BCUT2D eigenvalue weighted by molar-refractivity contribution is -0.133. The second kappa shape index (κ2) is 6.02. The van der Waals surface area contributed by atoms with Gasteiger partial charge in [0, 0.05) is 25.8 Å². The number of benzene rings is 1. The molecule has 1 saturated heterocycles. The van der Waals surface area contributed by atoms with E-state index in [0.717, 1.165) is 25.2 Å². The summed E-state index contributed by atoms with van der Waals surface area (Å²) in [4.78, 5) is 16.0. The Morgan fingerprint density at radius 1 is 1.42 bits per heavy atom. The summed E-state index contributed by atoms with van der Waals surface area (Å²) in [6.45, 7) is 2.17. The summed E-state index contributed by atoms with van der Waals surface area (Å²) in [5.41, 5.74) is 0.780. The predicted octanol–water partition coefficient (Wildman–Crippen LogP) is 1.08. The standard InChI is InChI=1S/C14H20FN3O/c1-16-7-6-13-14(19)17(2)8-9-18(13)12-5-3-4-11(15)10-12/h3-5,10,13,16H,6-9H2,1-2H3. The number of piperazine rings is 1. The van der Waals surface area contributed by atoms with Gasteiger partial charge in [-0.05, 0) is 38.2 Å².